The van der Waals surface area contributed by atoms with Gasteiger partial charge >= 0.3 is 0 Å². The molecule has 0 saturated carbocycles. The van der Waals surface area contributed by atoms with Gasteiger partial charge in [0.1, 0.15) is 0 Å². The van der Waals surface area contributed by atoms with Crippen molar-refractivity contribution in [2.75, 3.05) is 19.3 Å². The molecule has 0 saturated heterocycles. The first-order chi connectivity index (χ1) is 7.63. The predicted octanol–water partition coefficient (Wildman–Crippen LogP) is 1.82. The molecule has 0 heterocycles. The van der Waals surface area contributed by atoms with Crippen LogP contribution < -0.4 is 5.32 Å². The molecule has 0 aliphatic heterocycles. The van der Waals surface area contributed by atoms with Crippen LogP contribution in [0.5, 0.6) is 0 Å². The Kier molecular flexibility index (Phi) is 6.66. The minimum Gasteiger partial charge on any atom is -0.314 e. The van der Waals surface area contributed by atoms with Crippen LogP contribution in [0.2, 0.25) is 0 Å². The maximum atomic E-state index is 12.1. The third-order valence-electron chi connectivity index (χ3n) is 3.27. The summed E-state index contributed by atoms with van der Waals surface area (Å²) < 4.78 is 25.7. The largest absolute Gasteiger partial charge is 0.314 e. The molecule has 104 valence electrons. The van der Waals surface area contributed by atoms with E-state index >= 15 is 0 Å². The quantitative estimate of drug-likeness (QED) is 0.680. The predicted molar refractivity (Wildman–Crippen MR) is 73.7 cm³/mol. The first-order valence-electron chi connectivity index (χ1n) is 6.33. The Morgan fingerprint density at radius 3 is 2.24 bits per heavy atom. The van der Waals surface area contributed by atoms with Crippen LogP contribution in [-0.2, 0) is 10.0 Å². The van der Waals surface area contributed by atoms with Gasteiger partial charge in [-0.3, -0.25) is 0 Å². The van der Waals surface area contributed by atoms with Crippen molar-refractivity contribution in [1.29, 1.82) is 0 Å². The van der Waals surface area contributed by atoms with Crippen LogP contribution in [0.1, 0.15) is 47.5 Å². The van der Waals surface area contributed by atoms with Gasteiger partial charge in [-0.2, -0.15) is 4.31 Å². The van der Waals surface area contributed by atoms with Crippen molar-refractivity contribution in [3.8, 4) is 0 Å². The molecule has 0 aliphatic carbocycles. The van der Waals surface area contributed by atoms with E-state index in [1.54, 1.807) is 7.05 Å². The van der Waals surface area contributed by atoms with Crippen molar-refractivity contribution >= 4 is 10.0 Å². The van der Waals surface area contributed by atoms with E-state index in [1.165, 1.54) is 4.31 Å². The van der Waals surface area contributed by atoms with Gasteiger partial charge in [0.15, 0.2) is 0 Å². The lowest BCUT2D eigenvalue weighted by molar-refractivity contribution is 0.257. The van der Waals surface area contributed by atoms with Gasteiger partial charge < -0.3 is 5.32 Å². The molecule has 1 N–H and O–H groups in total. The molecule has 0 aromatic heterocycles. The Bertz CT molecular complexity index is 310. The van der Waals surface area contributed by atoms with Gasteiger partial charge in [-0.05, 0) is 33.2 Å². The summed E-state index contributed by atoms with van der Waals surface area (Å²) in [5, 5.41) is 3.23. The van der Waals surface area contributed by atoms with Gasteiger partial charge in [0, 0.05) is 18.6 Å². The molecule has 0 rings (SSSR count). The van der Waals surface area contributed by atoms with Crippen molar-refractivity contribution in [3.63, 3.8) is 0 Å². The number of hydrogen-bond acceptors (Lipinski definition) is 3. The highest BCUT2D eigenvalue weighted by Crippen LogP contribution is 2.20. The second-order valence-electron chi connectivity index (χ2n) is 5.41. The summed E-state index contributed by atoms with van der Waals surface area (Å²) in [6, 6.07) is 0.405. The Hall–Kier alpha value is -0.130. The fourth-order valence-electron chi connectivity index (χ4n) is 1.38. The van der Waals surface area contributed by atoms with E-state index in [0.717, 1.165) is 13.0 Å². The summed E-state index contributed by atoms with van der Waals surface area (Å²) in [6.45, 7) is 10.8. The lowest BCUT2D eigenvalue weighted by Gasteiger charge is -2.33. The van der Waals surface area contributed by atoms with Gasteiger partial charge in [-0.15, -0.1) is 0 Å². The van der Waals surface area contributed by atoms with E-state index in [1.807, 2.05) is 20.8 Å². The zero-order valence-corrected chi connectivity index (χ0v) is 12.9. The molecule has 4 nitrogen and oxygen atoms in total. The Morgan fingerprint density at radius 1 is 1.29 bits per heavy atom. The van der Waals surface area contributed by atoms with E-state index in [0.29, 0.717) is 12.5 Å². The molecule has 0 spiro atoms. The maximum Gasteiger partial charge on any atom is 0.214 e. The van der Waals surface area contributed by atoms with Crippen LogP contribution in [-0.4, -0.2) is 43.6 Å². The van der Waals surface area contributed by atoms with Crippen molar-refractivity contribution < 1.29 is 8.42 Å². The molecule has 17 heavy (non-hydrogen) atoms. The van der Waals surface area contributed by atoms with E-state index in [4.69, 9.17) is 0 Å². The molecule has 5 heteroatoms. The zero-order chi connectivity index (χ0) is 13.7. The maximum absolute atomic E-state index is 12.1. The highest BCUT2D eigenvalue weighted by molar-refractivity contribution is 7.89. The minimum atomic E-state index is -3.13. The topological polar surface area (TPSA) is 49.4 Å². The molecule has 0 atom stereocenters. The monoisotopic (exact) mass is 264 g/mol. The normalized spacial score (nSPS) is 13.6. The van der Waals surface area contributed by atoms with E-state index < -0.39 is 10.0 Å². The van der Waals surface area contributed by atoms with Gasteiger partial charge in [-0.25, -0.2) is 8.42 Å². The fourth-order valence-corrected chi connectivity index (χ4v) is 3.05. The van der Waals surface area contributed by atoms with Crippen molar-refractivity contribution in [2.45, 2.75) is 59.0 Å². The first kappa shape index (κ1) is 16.9. The van der Waals surface area contributed by atoms with E-state index in [2.05, 4.69) is 19.2 Å². The summed E-state index contributed by atoms with van der Waals surface area (Å²) in [6.07, 6.45) is 1.47. The lowest BCUT2D eigenvalue weighted by atomic mass is 10.0. The number of sulfonamides is 1. The van der Waals surface area contributed by atoms with Crippen molar-refractivity contribution in [1.82, 2.24) is 9.62 Å². The SMILES string of the molecule is CCC(C)(C)N(C)S(=O)(=O)CCCNC(C)C. The van der Waals surface area contributed by atoms with Gasteiger partial charge in [0.25, 0.3) is 0 Å². The molecule has 0 aromatic rings. The summed E-state index contributed by atoms with van der Waals surface area (Å²) in [7, 11) is -1.46. The standard InChI is InChI=1S/C12H28N2O2S/c1-7-12(4,5)14(6)17(15,16)10-8-9-13-11(2)3/h11,13H,7-10H2,1-6H3. The van der Waals surface area contributed by atoms with Crippen LogP contribution >= 0.6 is 0 Å². The second-order valence-corrected chi connectivity index (χ2v) is 7.53. The summed E-state index contributed by atoms with van der Waals surface area (Å²) in [4.78, 5) is 0. The molecule has 0 unspecified atom stereocenters. The highest BCUT2D eigenvalue weighted by atomic mass is 32.2. The molecular weight excluding hydrogens is 236 g/mol. The smallest absolute Gasteiger partial charge is 0.214 e. The fraction of sp³-hybridized carbons (Fsp3) is 1.00. The van der Waals surface area contributed by atoms with E-state index in [-0.39, 0.29) is 11.3 Å². The van der Waals surface area contributed by atoms with Crippen LogP contribution in [0.25, 0.3) is 0 Å². The average molecular weight is 264 g/mol. The minimum absolute atomic E-state index is 0.215. The van der Waals surface area contributed by atoms with Crippen LogP contribution in [0.3, 0.4) is 0 Å². The van der Waals surface area contributed by atoms with Crippen LogP contribution in [0.4, 0.5) is 0 Å². The molecule has 0 bridgehead atoms. The number of nitrogens with one attached hydrogen (secondary N) is 1. The van der Waals surface area contributed by atoms with E-state index in [9.17, 15) is 8.42 Å². The van der Waals surface area contributed by atoms with Crippen molar-refractivity contribution in [3.05, 3.63) is 0 Å². The third kappa shape index (κ3) is 5.84. The summed E-state index contributed by atoms with van der Waals surface area (Å²) >= 11 is 0. The third-order valence-corrected chi connectivity index (χ3v) is 5.40. The molecule has 0 amide bonds. The molecule has 0 aliphatic rings. The first-order valence-corrected chi connectivity index (χ1v) is 7.94. The molecular formula is C12H28N2O2S. The summed E-state index contributed by atoms with van der Waals surface area (Å²) in [5.41, 5.74) is -0.301. The van der Waals surface area contributed by atoms with Crippen molar-refractivity contribution in [2.24, 2.45) is 0 Å². The average Bonchev–Trinajstić information content (AvgIpc) is 2.23. The second kappa shape index (κ2) is 6.71. The van der Waals surface area contributed by atoms with Crippen LogP contribution in [0.15, 0.2) is 0 Å². The Labute approximate surface area is 107 Å². The molecule has 0 fully saturated rings. The van der Waals surface area contributed by atoms with Crippen LogP contribution in [0, 0.1) is 0 Å². The summed E-state index contributed by atoms with van der Waals surface area (Å²) in [5.74, 6) is 0.215. The number of hydrogen-bond donors (Lipinski definition) is 1. The van der Waals surface area contributed by atoms with Gasteiger partial charge in [0.2, 0.25) is 10.0 Å². The molecule has 0 radical (unpaired) electrons. The van der Waals surface area contributed by atoms with Gasteiger partial charge in [0.05, 0.1) is 5.75 Å². The number of nitrogens with zero attached hydrogens (tertiary/aromatic N) is 1. The molecule has 0 aromatic carbocycles. The Morgan fingerprint density at radius 2 is 1.82 bits per heavy atom. The zero-order valence-electron chi connectivity index (χ0n) is 12.1. The van der Waals surface area contributed by atoms with Gasteiger partial charge in [-0.1, -0.05) is 20.8 Å². The Balaban J connectivity index is 4.30. The highest BCUT2D eigenvalue weighted by Gasteiger charge is 2.30. The number of rotatable bonds is 8. The lowest BCUT2D eigenvalue weighted by Crippen LogP contribution is -2.45.